The van der Waals surface area contributed by atoms with Gasteiger partial charge in [-0.15, -0.1) is 0 Å². The molecule has 0 bridgehead atoms. The van der Waals surface area contributed by atoms with Crippen LogP contribution in [0.2, 0.25) is 0 Å². The monoisotopic (exact) mass is 338 g/mol. The summed E-state index contributed by atoms with van der Waals surface area (Å²) in [5, 5.41) is 27.2. The molecule has 3 N–H and O–H groups in total. The fourth-order valence-electron chi connectivity index (χ4n) is 2.07. The van der Waals surface area contributed by atoms with E-state index in [2.05, 4.69) is 0 Å². The Hall–Kier alpha value is -2.90. The lowest BCUT2D eigenvalue weighted by Crippen LogP contribution is -2.17. The summed E-state index contributed by atoms with van der Waals surface area (Å²) in [6.07, 6.45) is 3.40. The summed E-state index contributed by atoms with van der Waals surface area (Å²) in [6.45, 7) is 2.09. The van der Waals surface area contributed by atoms with E-state index in [9.17, 15) is 19.2 Å². The molecule has 0 fully saturated rings. The molecule has 8 heteroatoms. The molecule has 0 aliphatic heterocycles. The van der Waals surface area contributed by atoms with Crippen molar-refractivity contribution >= 4 is 23.9 Å². The second kappa shape index (κ2) is 8.66. The van der Waals surface area contributed by atoms with E-state index in [1.165, 1.54) is 0 Å². The van der Waals surface area contributed by atoms with Crippen molar-refractivity contribution in [2.75, 3.05) is 6.61 Å². The highest BCUT2D eigenvalue weighted by molar-refractivity contribution is 6.09. The second-order valence-corrected chi connectivity index (χ2v) is 5.06. The molecular formula is C16H18O8. The quantitative estimate of drug-likeness (QED) is 0.461. The smallest absolute Gasteiger partial charge is 0.339 e. The van der Waals surface area contributed by atoms with Crippen LogP contribution in [0, 0.1) is 0 Å². The van der Waals surface area contributed by atoms with Crippen molar-refractivity contribution in [3.8, 4) is 0 Å². The normalized spacial score (nSPS) is 10.2. The minimum absolute atomic E-state index is 0.0704. The first kappa shape index (κ1) is 19.1. The molecular weight excluding hydrogens is 320 g/mol. The highest BCUT2D eigenvalue weighted by Crippen LogP contribution is 2.19. The van der Waals surface area contributed by atoms with E-state index in [4.69, 9.17) is 20.1 Å². The molecule has 0 unspecified atom stereocenters. The van der Waals surface area contributed by atoms with Crippen LogP contribution in [0.15, 0.2) is 12.1 Å². The number of unbranched alkanes of at least 4 members (excludes halogenated alkanes) is 3. The highest BCUT2D eigenvalue weighted by atomic mass is 16.5. The van der Waals surface area contributed by atoms with Crippen molar-refractivity contribution in [2.45, 2.75) is 32.6 Å². The first-order valence-corrected chi connectivity index (χ1v) is 7.34. The van der Waals surface area contributed by atoms with Crippen molar-refractivity contribution in [3.05, 3.63) is 34.4 Å². The van der Waals surface area contributed by atoms with E-state index in [-0.39, 0.29) is 6.61 Å². The number of aromatic carboxylic acids is 3. The molecule has 0 aromatic heterocycles. The maximum atomic E-state index is 12.0. The van der Waals surface area contributed by atoms with Gasteiger partial charge in [-0.2, -0.15) is 0 Å². The molecule has 0 aliphatic rings. The van der Waals surface area contributed by atoms with E-state index >= 15 is 0 Å². The van der Waals surface area contributed by atoms with Gasteiger partial charge in [0.1, 0.15) is 0 Å². The van der Waals surface area contributed by atoms with Crippen LogP contribution in [0.25, 0.3) is 0 Å². The molecule has 8 nitrogen and oxygen atoms in total. The third kappa shape index (κ3) is 4.80. The van der Waals surface area contributed by atoms with Gasteiger partial charge in [0, 0.05) is 0 Å². The largest absolute Gasteiger partial charge is 0.478 e. The zero-order valence-electron chi connectivity index (χ0n) is 13.1. The van der Waals surface area contributed by atoms with Gasteiger partial charge < -0.3 is 20.1 Å². The predicted octanol–water partition coefficient (Wildman–Crippen LogP) is 2.52. The van der Waals surface area contributed by atoms with Gasteiger partial charge in [-0.3, -0.25) is 0 Å². The first-order chi connectivity index (χ1) is 11.3. The minimum Gasteiger partial charge on any atom is -0.478 e. The number of hydrogen-bond donors (Lipinski definition) is 3. The fourth-order valence-corrected chi connectivity index (χ4v) is 2.07. The van der Waals surface area contributed by atoms with Crippen molar-refractivity contribution < 1.29 is 39.2 Å². The molecule has 0 atom stereocenters. The maximum Gasteiger partial charge on any atom is 0.339 e. The number of hydrogen-bond acceptors (Lipinski definition) is 5. The Morgan fingerprint density at radius 3 is 1.71 bits per heavy atom. The zero-order valence-corrected chi connectivity index (χ0v) is 13.1. The second-order valence-electron chi connectivity index (χ2n) is 5.06. The molecule has 1 aromatic carbocycles. The molecule has 0 heterocycles. The molecule has 0 aliphatic carbocycles. The number of rotatable bonds is 9. The van der Waals surface area contributed by atoms with E-state index in [0.717, 1.165) is 25.3 Å². The lowest BCUT2D eigenvalue weighted by Gasteiger charge is -2.10. The van der Waals surface area contributed by atoms with Crippen molar-refractivity contribution in [3.63, 3.8) is 0 Å². The minimum atomic E-state index is -1.60. The average molecular weight is 338 g/mol. The van der Waals surface area contributed by atoms with Gasteiger partial charge in [0.15, 0.2) is 0 Å². The number of benzene rings is 1. The summed E-state index contributed by atoms with van der Waals surface area (Å²) in [5.41, 5.74) is -2.49. The van der Waals surface area contributed by atoms with E-state index in [1.54, 1.807) is 0 Å². The average Bonchev–Trinajstić information content (AvgIpc) is 2.52. The van der Waals surface area contributed by atoms with Crippen molar-refractivity contribution in [1.29, 1.82) is 0 Å². The molecule has 1 rings (SSSR count). The molecule has 0 radical (unpaired) electrons. The number of carbonyl (C=O) groups excluding carboxylic acids is 1. The van der Waals surface area contributed by atoms with Gasteiger partial charge in [-0.1, -0.05) is 26.2 Å². The summed E-state index contributed by atoms with van der Waals surface area (Å²) >= 11 is 0. The van der Waals surface area contributed by atoms with Crippen LogP contribution >= 0.6 is 0 Å². The number of ether oxygens (including phenoxy) is 1. The van der Waals surface area contributed by atoms with Gasteiger partial charge in [0.05, 0.1) is 28.9 Å². The summed E-state index contributed by atoms with van der Waals surface area (Å²) in [7, 11) is 0. The fraction of sp³-hybridized carbons (Fsp3) is 0.375. The molecule has 130 valence electrons. The molecule has 0 amide bonds. The van der Waals surface area contributed by atoms with Crippen LogP contribution in [0.5, 0.6) is 0 Å². The van der Waals surface area contributed by atoms with Gasteiger partial charge in [-0.05, 0) is 18.6 Å². The van der Waals surface area contributed by atoms with Crippen LogP contribution in [-0.4, -0.2) is 45.8 Å². The Bertz CT molecular complexity index is 662. The lowest BCUT2D eigenvalue weighted by atomic mass is 9.98. The first-order valence-electron chi connectivity index (χ1n) is 7.34. The Morgan fingerprint density at radius 2 is 1.25 bits per heavy atom. The molecule has 1 aromatic rings. The summed E-state index contributed by atoms with van der Waals surface area (Å²) in [6, 6.07) is 1.38. The Kier molecular flexibility index (Phi) is 6.91. The molecule has 0 saturated heterocycles. The van der Waals surface area contributed by atoms with Crippen LogP contribution < -0.4 is 0 Å². The maximum absolute atomic E-state index is 12.0. The number of carboxylic acid groups (broad SMARTS) is 3. The van der Waals surface area contributed by atoms with Gasteiger partial charge in [0.25, 0.3) is 0 Å². The predicted molar refractivity (Wildman–Crippen MR) is 81.7 cm³/mol. The summed E-state index contributed by atoms with van der Waals surface area (Å²) in [4.78, 5) is 45.5. The number of carboxylic acids is 3. The molecule has 24 heavy (non-hydrogen) atoms. The molecule has 0 saturated carbocycles. The zero-order chi connectivity index (χ0) is 18.3. The summed E-state index contributed by atoms with van der Waals surface area (Å²) < 4.78 is 4.96. The third-order valence-electron chi connectivity index (χ3n) is 3.30. The molecule has 0 spiro atoms. The lowest BCUT2D eigenvalue weighted by molar-refractivity contribution is 0.0486. The Labute approximate surface area is 137 Å². The van der Waals surface area contributed by atoms with Crippen LogP contribution in [0.3, 0.4) is 0 Å². The highest BCUT2D eigenvalue weighted by Gasteiger charge is 2.26. The van der Waals surface area contributed by atoms with E-state index < -0.39 is 46.1 Å². The number of esters is 1. The van der Waals surface area contributed by atoms with Crippen LogP contribution in [-0.2, 0) is 4.74 Å². The SMILES string of the molecule is CCCCCCOC(=O)c1cc(C(=O)O)c(C(=O)O)cc1C(=O)O. The van der Waals surface area contributed by atoms with Crippen LogP contribution in [0.1, 0.15) is 74.0 Å². The standard InChI is InChI=1S/C16H18O8/c1-2-3-4-5-6-24-16(23)12-8-10(14(19)20)9(13(17)18)7-11(12)15(21)22/h7-8H,2-6H2,1H3,(H,17,18)(H,19,20)(H,21,22). The summed E-state index contributed by atoms with van der Waals surface area (Å²) in [5.74, 6) is -5.73. The third-order valence-corrected chi connectivity index (χ3v) is 3.30. The Balaban J connectivity index is 3.13. The van der Waals surface area contributed by atoms with Gasteiger partial charge >= 0.3 is 23.9 Å². The number of carbonyl (C=O) groups is 4. The topological polar surface area (TPSA) is 138 Å². The van der Waals surface area contributed by atoms with Gasteiger partial charge in [-0.25, -0.2) is 19.2 Å². The Morgan fingerprint density at radius 1 is 0.792 bits per heavy atom. The van der Waals surface area contributed by atoms with Crippen LogP contribution in [0.4, 0.5) is 0 Å². The van der Waals surface area contributed by atoms with Crippen molar-refractivity contribution in [1.82, 2.24) is 0 Å². The van der Waals surface area contributed by atoms with Crippen molar-refractivity contribution in [2.24, 2.45) is 0 Å². The van der Waals surface area contributed by atoms with E-state index in [1.807, 2.05) is 6.92 Å². The van der Waals surface area contributed by atoms with Gasteiger partial charge in [0.2, 0.25) is 0 Å². The van der Waals surface area contributed by atoms with E-state index in [0.29, 0.717) is 12.5 Å².